The third-order valence-corrected chi connectivity index (χ3v) is 3.42. The summed E-state index contributed by atoms with van der Waals surface area (Å²) in [7, 11) is 0. The number of hydrogen-bond acceptors (Lipinski definition) is 2. The Bertz CT molecular complexity index is 454. The quantitative estimate of drug-likeness (QED) is 0.642. The van der Waals surface area contributed by atoms with Crippen LogP contribution in [0.25, 0.3) is 6.08 Å². The molecule has 2 rings (SSSR count). The van der Waals surface area contributed by atoms with Crippen LogP contribution in [0.3, 0.4) is 0 Å². The normalized spacial score (nSPS) is 20.3. The molecule has 1 unspecified atom stereocenters. The molecule has 3 heteroatoms. The van der Waals surface area contributed by atoms with Gasteiger partial charge in [-0.2, -0.15) is 0 Å². The lowest BCUT2D eigenvalue weighted by Crippen LogP contribution is -2.41. The van der Waals surface area contributed by atoms with Gasteiger partial charge in [-0.3, -0.25) is 4.79 Å². The molecule has 1 aliphatic heterocycles. The largest absolute Gasteiger partial charge is 0.399 e. The number of amides is 1. The number of rotatable bonds is 2. The van der Waals surface area contributed by atoms with Crippen molar-refractivity contribution in [2.75, 3.05) is 12.3 Å². The van der Waals surface area contributed by atoms with Crippen molar-refractivity contribution < 1.29 is 4.79 Å². The zero-order valence-corrected chi connectivity index (χ0v) is 10.8. The fraction of sp³-hybridized carbons (Fsp3) is 0.400. The molecule has 1 aromatic carbocycles. The van der Waals surface area contributed by atoms with Crippen LogP contribution in [0.2, 0.25) is 0 Å². The predicted octanol–water partition coefficient (Wildman–Crippen LogP) is 2.68. The standard InChI is InChI=1S/C15H20N2O/c1-12-5-2-3-10-17(12)15(18)9-8-13-6-4-7-14(16)11-13/h4,6-9,11-12H,2-3,5,10,16H2,1H3/b9-8+. The van der Waals surface area contributed by atoms with E-state index >= 15 is 0 Å². The van der Waals surface area contributed by atoms with E-state index in [1.807, 2.05) is 35.2 Å². The molecule has 0 aromatic heterocycles. The van der Waals surface area contributed by atoms with E-state index in [-0.39, 0.29) is 5.91 Å². The maximum Gasteiger partial charge on any atom is 0.246 e. The highest BCUT2D eigenvalue weighted by atomic mass is 16.2. The molecule has 1 aromatic rings. The Morgan fingerprint density at radius 2 is 2.28 bits per heavy atom. The van der Waals surface area contributed by atoms with E-state index in [1.165, 1.54) is 6.42 Å². The molecule has 18 heavy (non-hydrogen) atoms. The van der Waals surface area contributed by atoms with Gasteiger partial charge in [0.15, 0.2) is 0 Å². The van der Waals surface area contributed by atoms with Crippen LogP contribution in [-0.4, -0.2) is 23.4 Å². The van der Waals surface area contributed by atoms with Gasteiger partial charge in [-0.25, -0.2) is 0 Å². The second kappa shape index (κ2) is 5.71. The maximum atomic E-state index is 12.1. The minimum atomic E-state index is 0.102. The molecule has 1 amide bonds. The molecule has 0 bridgehead atoms. The number of anilines is 1. The van der Waals surface area contributed by atoms with Gasteiger partial charge in [-0.1, -0.05) is 12.1 Å². The summed E-state index contributed by atoms with van der Waals surface area (Å²) in [5.41, 5.74) is 7.38. The summed E-state index contributed by atoms with van der Waals surface area (Å²) in [6.07, 6.45) is 6.93. The molecule has 1 fully saturated rings. The predicted molar refractivity (Wildman–Crippen MR) is 74.9 cm³/mol. The van der Waals surface area contributed by atoms with Gasteiger partial charge in [0, 0.05) is 24.4 Å². The molecule has 1 saturated heterocycles. The molecular formula is C15H20N2O. The van der Waals surface area contributed by atoms with E-state index in [9.17, 15) is 4.79 Å². The summed E-state index contributed by atoms with van der Waals surface area (Å²) in [5, 5.41) is 0. The van der Waals surface area contributed by atoms with Crippen LogP contribution >= 0.6 is 0 Å². The SMILES string of the molecule is CC1CCCCN1C(=O)/C=C/c1cccc(N)c1. The van der Waals surface area contributed by atoms with Crippen molar-refractivity contribution in [1.82, 2.24) is 4.90 Å². The third kappa shape index (κ3) is 3.13. The first-order valence-electron chi connectivity index (χ1n) is 6.51. The van der Waals surface area contributed by atoms with Gasteiger partial charge in [0.25, 0.3) is 0 Å². The number of hydrogen-bond donors (Lipinski definition) is 1. The summed E-state index contributed by atoms with van der Waals surface area (Å²) >= 11 is 0. The molecule has 1 atom stereocenters. The van der Waals surface area contributed by atoms with Crippen molar-refractivity contribution >= 4 is 17.7 Å². The molecule has 2 N–H and O–H groups in total. The monoisotopic (exact) mass is 244 g/mol. The summed E-state index contributed by atoms with van der Waals surface area (Å²) in [6.45, 7) is 2.99. The summed E-state index contributed by atoms with van der Waals surface area (Å²) < 4.78 is 0. The highest BCUT2D eigenvalue weighted by Crippen LogP contribution is 2.17. The lowest BCUT2D eigenvalue weighted by molar-refractivity contribution is -0.129. The molecule has 1 aliphatic rings. The Morgan fingerprint density at radius 1 is 1.44 bits per heavy atom. The van der Waals surface area contributed by atoms with Crippen molar-refractivity contribution in [3.63, 3.8) is 0 Å². The number of benzene rings is 1. The van der Waals surface area contributed by atoms with Crippen molar-refractivity contribution in [3.8, 4) is 0 Å². The molecule has 0 aliphatic carbocycles. The second-order valence-corrected chi connectivity index (χ2v) is 4.88. The van der Waals surface area contributed by atoms with Gasteiger partial charge in [0.05, 0.1) is 0 Å². The first kappa shape index (κ1) is 12.7. The maximum absolute atomic E-state index is 12.1. The lowest BCUT2D eigenvalue weighted by Gasteiger charge is -2.32. The van der Waals surface area contributed by atoms with Crippen LogP contribution in [0.15, 0.2) is 30.3 Å². The lowest BCUT2D eigenvalue weighted by atomic mass is 10.0. The van der Waals surface area contributed by atoms with Crippen LogP contribution in [-0.2, 0) is 4.79 Å². The number of nitrogens with two attached hydrogens (primary N) is 1. The first-order valence-corrected chi connectivity index (χ1v) is 6.51. The first-order chi connectivity index (χ1) is 8.66. The number of likely N-dealkylation sites (tertiary alicyclic amines) is 1. The molecule has 0 radical (unpaired) electrons. The van der Waals surface area contributed by atoms with Gasteiger partial charge >= 0.3 is 0 Å². The topological polar surface area (TPSA) is 46.3 Å². The van der Waals surface area contributed by atoms with E-state index in [1.54, 1.807) is 6.08 Å². The van der Waals surface area contributed by atoms with E-state index in [2.05, 4.69) is 6.92 Å². The fourth-order valence-electron chi connectivity index (χ4n) is 2.35. The Balaban J connectivity index is 2.02. The van der Waals surface area contributed by atoms with Crippen LogP contribution < -0.4 is 5.73 Å². The number of piperidine rings is 1. The molecule has 0 spiro atoms. The minimum absolute atomic E-state index is 0.102. The Kier molecular flexibility index (Phi) is 4.03. The number of nitrogens with zero attached hydrogens (tertiary/aromatic N) is 1. The van der Waals surface area contributed by atoms with Gasteiger partial charge in [-0.05, 0) is 50.0 Å². The van der Waals surface area contributed by atoms with Crippen LogP contribution in [0.5, 0.6) is 0 Å². The smallest absolute Gasteiger partial charge is 0.246 e. The zero-order chi connectivity index (χ0) is 13.0. The third-order valence-electron chi connectivity index (χ3n) is 3.42. The average molecular weight is 244 g/mol. The van der Waals surface area contributed by atoms with Crippen molar-refractivity contribution in [2.24, 2.45) is 0 Å². The molecular weight excluding hydrogens is 224 g/mol. The summed E-state index contributed by atoms with van der Waals surface area (Å²) in [4.78, 5) is 14.0. The molecule has 3 nitrogen and oxygen atoms in total. The average Bonchev–Trinajstić information content (AvgIpc) is 2.37. The molecule has 0 saturated carbocycles. The van der Waals surface area contributed by atoms with Crippen LogP contribution in [0.1, 0.15) is 31.7 Å². The minimum Gasteiger partial charge on any atom is -0.399 e. The Labute approximate surface area is 108 Å². The fourth-order valence-corrected chi connectivity index (χ4v) is 2.35. The van der Waals surface area contributed by atoms with E-state index in [4.69, 9.17) is 5.73 Å². The van der Waals surface area contributed by atoms with Gasteiger partial charge in [-0.15, -0.1) is 0 Å². The van der Waals surface area contributed by atoms with E-state index in [0.29, 0.717) is 6.04 Å². The molecule has 1 heterocycles. The van der Waals surface area contributed by atoms with Crippen molar-refractivity contribution in [2.45, 2.75) is 32.2 Å². The van der Waals surface area contributed by atoms with Gasteiger partial charge in [0.2, 0.25) is 5.91 Å². The highest BCUT2D eigenvalue weighted by Gasteiger charge is 2.20. The van der Waals surface area contributed by atoms with E-state index < -0.39 is 0 Å². The Hall–Kier alpha value is -1.77. The molecule has 96 valence electrons. The Morgan fingerprint density at radius 3 is 3.00 bits per heavy atom. The highest BCUT2D eigenvalue weighted by molar-refractivity contribution is 5.92. The van der Waals surface area contributed by atoms with Gasteiger partial charge < -0.3 is 10.6 Å². The zero-order valence-electron chi connectivity index (χ0n) is 10.8. The van der Waals surface area contributed by atoms with Crippen molar-refractivity contribution in [1.29, 1.82) is 0 Å². The number of nitrogen functional groups attached to an aromatic ring is 1. The van der Waals surface area contributed by atoms with E-state index in [0.717, 1.165) is 30.6 Å². The number of carbonyl (C=O) groups excluding carboxylic acids is 1. The number of carbonyl (C=O) groups is 1. The second-order valence-electron chi connectivity index (χ2n) is 4.88. The van der Waals surface area contributed by atoms with Crippen molar-refractivity contribution in [3.05, 3.63) is 35.9 Å². The van der Waals surface area contributed by atoms with Gasteiger partial charge in [0.1, 0.15) is 0 Å². The summed E-state index contributed by atoms with van der Waals surface area (Å²) in [6, 6.07) is 7.90. The summed E-state index contributed by atoms with van der Waals surface area (Å²) in [5.74, 6) is 0.102. The van der Waals surface area contributed by atoms with Crippen LogP contribution in [0, 0.1) is 0 Å². The van der Waals surface area contributed by atoms with Crippen LogP contribution in [0.4, 0.5) is 5.69 Å².